The van der Waals surface area contributed by atoms with Crippen molar-refractivity contribution in [2.75, 3.05) is 0 Å². The Morgan fingerprint density at radius 3 is 1.72 bits per heavy atom. The topological polar surface area (TPSA) is 12.9 Å². The molecule has 138 valence electrons. The van der Waals surface area contributed by atoms with Gasteiger partial charge in [0.1, 0.15) is 0 Å². The van der Waals surface area contributed by atoms with Crippen LogP contribution in [0, 0.1) is 0 Å². The van der Waals surface area contributed by atoms with Crippen molar-refractivity contribution in [1.29, 1.82) is 0 Å². The van der Waals surface area contributed by atoms with Crippen LogP contribution in [-0.4, -0.2) is 4.98 Å². The van der Waals surface area contributed by atoms with Gasteiger partial charge in [0.15, 0.2) is 0 Å². The third kappa shape index (κ3) is 5.83. The summed E-state index contributed by atoms with van der Waals surface area (Å²) in [6.45, 7) is 6.85. The molecule has 1 aromatic heterocycles. The van der Waals surface area contributed by atoms with Crippen molar-refractivity contribution in [3.05, 3.63) is 41.2 Å². The van der Waals surface area contributed by atoms with Gasteiger partial charge in [0.25, 0.3) is 0 Å². The molecule has 1 heterocycles. The van der Waals surface area contributed by atoms with Gasteiger partial charge in [-0.2, -0.15) is 0 Å². The Morgan fingerprint density at radius 2 is 1.12 bits per heavy atom. The summed E-state index contributed by atoms with van der Waals surface area (Å²) >= 11 is 0. The van der Waals surface area contributed by atoms with Gasteiger partial charge in [-0.15, -0.1) is 0 Å². The molecule has 0 aliphatic carbocycles. The van der Waals surface area contributed by atoms with Crippen molar-refractivity contribution in [2.45, 2.75) is 97.8 Å². The van der Waals surface area contributed by atoms with Crippen LogP contribution in [0.1, 0.15) is 95.5 Å². The van der Waals surface area contributed by atoms with Gasteiger partial charge < -0.3 is 0 Å². The fraction of sp³-hybridized carbons (Fsp3) is 0.625. The second kappa shape index (κ2) is 11.3. The largest absolute Gasteiger partial charge is 0.257 e. The smallest absolute Gasteiger partial charge is 0.0485 e. The molecule has 0 aliphatic rings. The maximum absolute atomic E-state index is 5.22. The van der Waals surface area contributed by atoms with E-state index >= 15 is 0 Å². The first kappa shape index (κ1) is 19.9. The molecule has 2 rings (SSSR count). The Bertz CT molecular complexity index is 629. The number of hydrogen-bond donors (Lipinski definition) is 0. The summed E-state index contributed by atoms with van der Waals surface area (Å²) < 4.78 is 0. The highest BCUT2D eigenvalue weighted by molar-refractivity contribution is 5.88. The monoisotopic (exact) mass is 339 g/mol. The van der Waals surface area contributed by atoms with Gasteiger partial charge in [-0.25, -0.2) is 0 Å². The lowest BCUT2D eigenvalue weighted by Gasteiger charge is -2.16. The van der Waals surface area contributed by atoms with E-state index in [1.54, 1.807) is 5.56 Å². The minimum Gasteiger partial charge on any atom is -0.257 e. The minimum atomic E-state index is 1.13. The van der Waals surface area contributed by atoms with E-state index in [2.05, 4.69) is 45.0 Å². The number of nitrogens with zero attached hydrogens (tertiary/aromatic N) is 1. The lowest BCUT2D eigenvalue weighted by atomic mass is 9.94. The number of hydrogen-bond acceptors (Lipinski definition) is 1. The van der Waals surface area contributed by atoms with Crippen LogP contribution in [0.5, 0.6) is 0 Å². The minimum absolute atomic E-state index is 1.13. The summed E-state index contributed by atoms with van der Waals surface area (Å²) in [6.07, 6.45) is 15.1. The number of pyridine rings is 1. The molecule has 1 nitrogen and oxygen atoms in total. The molecule has 0 bridgehead atoms. The van der Waals surface area contributed by atoms with E-state index in [4.69, 9.17) is 4.98 Å². The van der Waals surface area contributed by atoms with Crippen molar-refractivity contribution in [2.24, 2.45) is 0 Å². The molecule has 0 fully saturated rings. The molecule has 1 heteroatoms. The molecule has 2 aromatic rings. The summed E-state index contributed by atoms with van der Waals surface area (Å²) in [5.74, 6) is 0. The van der Waals surface area contributed by atoms with E-state index in [1.165, 1.54) is 86.4 Å². The molecule has 0 spiro atoms. The fourth-order valence-electron chi connectivity index (χ4n) is 3.76. The van der Waals surface area contributed by atoms with Gasteiger partial charge in [0, 0.05) is 16.8 Å². The highest BCUT2D eigenvalue weighted by Crippen LogP contribution is 2.28. The Kier molecular flexibility index (Phi) is 9.00. The first-order valence-electron chi connectivity index (χ1n) is 10.7. The predicted octanol–water partition coefficient (Wildman–Crippen LogP) is 7.43. The van der Waals surface area contributed by atoms with E-state index in [0.717, 1.165) is 12.8 Å². The Hall–Kier alpha value is -1.37. The van der Waals surface area contributed by atoms with Gasteiger partial charge in [-0.1, -0.05) is 83.6 Å². The third-order valence-electron chi connectivity index (χ3n) is 5.25. The van der Waals surface area contributed by atoms with E-state index in [-0.39, 0.29) is 0 Å². The van der Waals surface area contributed by atoms with Crippen LogP contribution in [0.4, 0.5) is 0 Å². The van der Waals surface area contributed by atoms with Crippen LogP contribution in [0.25, 0.3) is 10.8 Å². The standard InChI is InChI=1S/C24H37N/c1-4-7-10-16-21-20-15-13-14-17-22(20)24(19-12-9-6-3)25-23(21)18-11-8-5-2/h13-15,17H,4-12,16,18-19H2,1-3H3. The molecule has 0 unspecified atom stereocenters. The van der Waals surface area contributed by atoms with E-state index < -0.39 is 0 Å². The average molecular weight is 340 g/mol. The molecule has 0 N–H and O–H groups in total. The zero-order valence-electron chi connectivity index (χ0n) is 16.7. The number of aromatic nitrogens is 1. The van der Waals surface area contributed by atoms with Crippen molar-refractivity contribution in [1.82, 2.24) is 4.98 Å². The second-order valence-electron chi connectivity index (χ2n) is 7.40. The maximum Gasteiger partial charge on any atom is 0.0485 e. The van der Waals surface area contributed by atoms with E-state index in [9.17, 15) is 0 Å². The first-order valence-corrected chi connectivity index (χ1v) is 10.7. The highest BCUT2D eigenvalue weighted by atomic mass is 14.7. The van der Waals surface area contributed by atoms with Crippen LogP contribution in [0.2, 0.25) is 0 Å². The quantitative estimate of drug-likeness (QED) is 0.366. The molecule has 0 atom stereocenters. The molecule has 0 amide bonds. The van der Waals surface area contributed by atoms with E-state index in [0.29, 0.717) is 0 Å². The summed E-state index contributed by atoms with van der Waals surface area (Å²) in [6, 6.07) is 9.02. The molecule has 0 saturated heterocycles. The average Bonchev–Trinajstić information content (AvgIpc) is 2.64. The lowest BCUT2D eigenvalue weighted by molar-refractivity contribution is 0.675. The zero-order valence-corrected chi connectivity index (χ0v) is 16.7. The van der Waals surface area contributed by atoms with Crippen LogP contribution >= 0.6 is 0 Å². The van der Waals surface area contributed by atoms with Gasteiger partial charge in [-0.3, -0.25) is 4.98 Å². The first-order chi connectivity index (χ1) is 12.3. The molecule has 0 aliphatic heterocycles. The molecular formula is C24H37N. The zero-order chi connectivity index (χ0) is 17.9. The summed E-state index contributed by atoms with van der Waals surface area (Å²) in [4.78, 5) is 5.22. The fourth-order valence-corrected chi connectivity index (χ4v) is 3.76. The molecule has 25 heavy (non-hydrogen) atoms. The van der Waals surface area contributed by atoms with E-state index in [1.807, 2.05) is 0 Å². The highest BCUT2D eigenvalue weighted by Gasteiger charge is 2.13. The second-order valence-corrected chi connectivity index (χ2v) is 7.40. The Morgan fingerprint density at radius 1 is 0.600 bits per heavy atom. The molecule has 1 aromatic carbocycles. The summed E-state index contributed by atoms with van der Waals surface area (Å²) in [5.41, 5.74) is 4.28. The number of fused-ring (bicyclic) bond motifs is 1. The SMILES string of the molecule is CCCCCc1nc(CCCCC)c2ccccc2c1CCCCC. The van der Waals surface area contributed by atoms with Crippen LogP contribution < -0.4 is 0 Å². The Balaban J connectivity index is 2.37. The van der Waals surface area contributed by atoms with Gasteiger partial charge in [-0.05, 0) is 49.5 Å². The molecule has 0 saturated carbocycles. The van der Waals surface area contributed by atoms with Crippen LogP contribution in [0.15, 0.2) is 24.3 Å². The normalized spacial score (nSPS) is 11.3. The number of rotatable bonds is 12. The lowest BCUT2D eigenvalue weighted by Crippen LogP contribution is -2.05. The maximum atomic E-state index is 5.22. The number of unbranched alkanes of at least 4 members (excludes halogenated alkanes) is 6. The number of benzene rings is 1. The van der Waals surface area contributed by atoms with Gasteiger partial charge in [0.05, 0.1) is 0 Å². The Labute approximate surface area is 155 Å². The van der Waals surface area contributed by atoms with Crippen molar-refractivity contribution >= 4 is 10.8 Å². The summed E-state index contributed by atoms with van der Waals surface area (Å²) in [5, 5.41) is 2.89. The van der Waals surface area contributed by atoms with Gasteiger partial charge in [0.2, 0.25) is 0 Å². The van der Waals surface area contributed by atoms with Crippen molar-refractivity contribution in [3.63, 3.8) is 0 Å². The van der Waals surface area contributed by atoms with Crippen molar-refractivity contribution in [3.8, 4) is 0 Å². The predicted molar refractivity (Wildman–Crippen MR) is 111 cm³/mol. The molecular weight excluding hydrogens is 302 g/mol. The third-order valence-corrected chi connectivity index (χ3v) is 5.25. The van der Waals surface area contributed by atoms with Crippen LogP contribution in [-0.2, 0) is 19.3 Å². The number of aryl methyl sites for hydroxylation is 3. The van der Waals surface area contributed by atoms with Gasteiger partial charge >= 0.3 is 0 Å². The van der Waals surface area contributed by atoms with Crippen molar-refractivity contribution < 1.29 is 0 Å². The summed E-state index contributed by atoms with van der Waals surface area (Å²) in [7, 11) is 0. The van der Waals surface area contributed by atoms with Crippen LogP contribution in [0.3, 0.4) is 0 Å². The molecule has 0 radical (unpaired) electrons.